The molecule has 104 valence electrons. The number of benzene rings is 1. The Labute approximate surface area is 117 Å². The molecule has 2 rings (SSSR count). The van der Waals surface area contributed by atoms with Gasteiger partial charge in [-0.05, 0) is 42.0 Å². The molecule has 0 aliphatic heterocycles. The molecule has 20 heavy (non-hydrogen) atoms. The fourth-order valence-corrected chi connectivity index (χ4v) is 1.68. The van der Waals surface area contributed by atoms with Crippen LogP contribution in [0.1, 0.15) is 12.0 Å². The first kappa shape index (κ1) is 14.0. The number of halogens is 1. The summed E-state index contributed by atoms with van der Waals surface area (Å²) in [6.07, 6.45) is 3.75. The highest BCUT2D eigenvalue weighted by atomic mass is 19.1. The predicted molar refractivity (Wildman–Crippen MR) is 75.6 cm³/mol. The van der Waals surface area contributed by atoms with Crippen LogP contribution in [0.25, 0.3) is 0 Å². The van der Waals surface area contributed by atoms with Crippen molar-refractivity contribution in [3.8, 4) is 0 Å². The Kier molecular flexibility index (Phi) is 5.06. The molecule has 1 aromatic heterocycles. The average Bonchev–Trinajstić information content (AvgIpc) is 2.48. The van der Waals surface area contributed by atoms with Gasteiger partial charge in [0.25, 0.3) is 0 Å². The molecule has 1 amide bonds. The molecular formula is C15H16FN3O. The Hall–Kier alpha value is -2.43. The number of anilines is 1. The fraction of sp³-hybridized carbons (Fsp3) is 0.200. The maximum atomic E-state index is 12.7. The van der Waals surface area contributed by atoms with Crippen LogP contribution in [-0.4, -0.2) is 17.4 Å². The number of amides is 1. The molecule has 5 heteroatoms. The Balaban J connectivity index is 1.66. The largest absolute Gasteiger partial charge is 0.385 e. The van der Waals surface area contributed by atoms with Gasteiger partial charge in [-0.1, -0.05) is 0 Å². The van der Waals surface area contributed by atoms with Crippen LogP contribution < -0.4 is 10.6 Å². The van der Waals surface area contributed by atoms with E-state index < -0.39 is 0 Å². The third-order valence-electron chi connectivity index (χ3n) is 2.76. The lowest BCUT2D eigenvalue weighted by molar-refractivity contribution is -0.121. The van der Waals surface area contributed by atoms with Crippen LogP contribution in [0.2, 0.25) is 0 Å². The maximum absolute atomic E-state index is 12.7. The van der Waals surface area contributed by atoms with Crippen LogP contribution >= 0.6 is 0 Å². The summed E-state index contributed by atoms with van der Waals surface area (Å²) in [5, 5.41) is 5.89. The second-order valence-electron chi connectivity index (χ2n) is 4.32. The standard InChI is InChI=1S/C15H16FN3O/c16-13-1-3-14(4-2-13)18-10-7-15(20)19-11-12-5-8-17-9-6-12/h1-6,8-9,18H,7,10-11H2,(H,19,20). The highest BCUT2D eigenvalue weighted by molar-refractivity contribution is 5.76. The number of hydrogen-bond donors (Lipinski definition) is 2. The first-order valence-electron chi connectivity index (χ1n) is 6.39. The lowest BCUT2D eigenvalue weighted by Crippen LogP contribution is -2.24. The number of carbonyl (C=O) groups excluding carboxylic acids is 1. The SMILES string of the molecule is O=C(CCNc1ccc(F)cc1)NCc1ccncc1. The molecule has 0 atom stereocenters. The van der Waals surface area contributed by atoms with Crippen molar-refractivity contribution >= 4 is 11.6 Å². The van der Waals surface area contributed by atoms with Crippen molar-refractivity contribution in [2.45, 2.75) is 13.0 Å². The molecule has 1 aromatic carbocycles. The van der Waals surface area contributed by atoms with E-state index in [1.165, 1.54) is 12.1 Å². The molecule has 0 spiro atoms. The molecule has 0 unspecified atom stereocenters. The second-order valence-corrected chi connectivity index (χ2v) is 4.32. The number of rotatable bonds is 6. The van der Waals surface area contributed by atoms with E-state index in [-0.39, 0.29) is 11.7 Å². The van der Waals surface area contributed by atoms with Gasteiger partial charge in [0.2, 0.25) is 5.91 Å². The maximum Gasteiger partial charge on any atom is 0.222 e. The van der Waals surface area contributed by atoms with Crippen LogP contribution in [0, 0.1) is 5.82 Å². The molecule has 0 saturated carbocycles. The van der Waals surface area contributed by atoms with Crippen LogP contribution in [0.5, 0.6) is 0 Å². The Morgan fingerprint density at radius 2 is 1.80 bits per heavy atom. The van der Waals surface area contributed by atoms with Gasteiger partial charge in [0, 0.05) is 37.6 Å². The minimum Gasteiger partial charge on any atom is -0.385 e. The summed E-state index contributed by atoms with van der Waals surface area (Å²) in [4.78, 5) is 15.5. The molecule has 0 bridgehead atoms. The van der Waals surface area contributed by atoms with Crippen molar-refractivity contribution in [1.82, 2.24) is 10.3 Å². The van der Waals surface area contributed by atoms with E-state index in [9.17, 15) is 9.18 Å². The highest BCUT2D eigenvalue weighted by Gasteiger charge is 2.01. The predicted octanol–water partition coefficient (Wildman–Crippen LogP) is 2.34. The quantitative estimate of drug-likeness (QED) is 0.849. The second kappa shape index (κ2) is 7.23. The molecule has 0 aliphatic rings. The van der Waals surface area contributed by atoms with E-state index in [4.69, 9.17) is 0 Å². The van der Waals surface area contributed by atoms with Gasteiger partial charge in [0.1, 0.15) is 5.82 Å². The van der Waals surface area contributed by atoms with Crippen LogP contribution in [-0.2, 0) is 11.3 Å². The molecule has 0 radical (unpaired) electrons. The highest BCUT2D eigenvalue weighted by Crippen LogP contribution is 2.07. The summed E-state index contributed by atoms with van der Waals surface area (Å²) >= 11 is 0. The Morgan fingerprint density at radius 1 is 1.10 bits per heavy atom. The van der Waals surface area contributed by atoms with Gasteiger partial charge >= 0.3 is 0 Å². The summed E-state index contributed by atoms with van der Waals surface area (Å²) in [6.45, 7) is 1.01. The molecule has 4 nitrogen and oxygen atoms in total. The average molecular weight is 273 g/mol. The number of nitrogens with one attached hydrogen (secondary N) is 2. The van der Waals surface area contributed by atoms with Gasteiger partial charge in [0.05, 0.1) is 0 Å². The van der Waals surface area contributed by atoms with Gasteiger partial charge in [-0.15, -0.1) is 0 Å². The summed E-state index contributed by atoms with van der Waals surface area (Å²) < 4.78 is 12.7. The molecule has 0 aliphatic carbocycles. The summed E-state index contributed by atoms with van der Waals surface area (Å²) in [6, 6.07) is 9.76. The number of hydrogen-bond acceptors (Lipinski definition) is 3. The molecule has 0 saturated heterocycles. The van der Waals surface area contributed by atoms with Crippen molar-refractivity contribution in [2.24, 2.45) is 0 Å². The van der Waals surface area contributed by atoms with Gasteiger partial charge < -0.3 is 10.6 Å². The summed E-state index contributed by atoms with van der Waals surface area (Å²) in [5.41, 5.74) is 1.81. The summed E-state index contributed by atoms with van der Waals surface area (Å²) in [7, 11) is 0. The van der Waals surface area contributed by atoms with E-state index in [0.717, 1.165) is 11.3 Å². The van der Waals surface area contributed by atoms with Gasteiger partial charge in [-0.3, -0.25) is 9.78 Å². The van der Waals surface area contributed by atoms with Gasteiger partial charge in [-0.2, -0.15) is 0 Å². The van der Waals surface area contributed by atoms with Crippen LogP contribution in [0.4, 0.5) is 10.1 Å². The zero-order chi connectivity index (χ0) is 14.2. The smallest absolute Gasteiger partial charge is 0.222 e. The summed E-state index contributed by atoms with van der Waals surface area (Å²) in [5.74, 6) is -0.304. The number of carbonyl (C=O) groups is 1. The van der Waals surface area contributed by atoms with Gasteiger partial charge in [0.15, 0.2) is 0 Å². The lowest BCUT2D eigenvalue weighted by atomic mass is 10.2. The topological polar surface area (TPSA) is 54.0 Å². The van der Waals surface area contributed by atoms with Crippen molar-refractivity contribution in [2.75, 3.05) is 11.9 Å². The van der Waals surface area contributed by atoms with Gasteiger partial charge in [-0.25, -0.2) is 4.39 Å². The number of aromatic nitrogens is 1. The first-order chi connectivity index (χ1) is 9.74. The van der Waals surface area contributed by atoms with Crippen molar-refractivity contribution in [1.29, 1.82) is 0 Å². The number of nitrogens with zero attached hydrogens (tertiary/aromatic N) is 1. The van der Waals surface area contributed by atoms with Crippen LogP contribution in [0.3, 0.4) is 0 Å². The third-order valence-corrected chi connectivity index (χ3v) is 2.76. The fourth-order valence-electron chi connectivity index (χ4n) is 1.68. The van der Waals surface area contributed by atoms with E-state index in [1.54, 1.807) is 24.5 Å². The first-order valence-corrected chi connectivity index (χ1v) is 6.39. The molecule has 0 fully saturated rings. The van der Waals surface area contributed by atoms with Crippen molar-refractivity contribution < 1.29 is 9.18 Å². The van der Waals surface area contributed by atoms with Crippen molar-refractivity contribution in [3.05, 3.63) is 60.2 Å². The van der Waals surface area contributed by atoms with E-state index in [1.807, 2.05) is 12.1 Å². The minimum atomic E-state index is -0.273. The van der Waals surface area contributed by atoms with Crippen LogP contribution in [0.15, 0.2) is 48.8 Å². The molecular weight excluding hydrogens is 257 g/mol. The zero-order valence-electron chi connectivity index (χ0n) is 11.0. The lowest BCUT2D eigenvalue weighted by Gasteiger charge is -2.07. The monoisotopic (exact) mass is 273 g/mol. The number of pyridine rings is 1. The van der Waals surface area contributed by atoms with E-state index >= 15 is 0 Å². The van der Waals surface area contributed by atoms with Crippen molar-refractivity contribution in [3.63, 3.8) is 0 Å². The Bertz CT molecular complexity index is 543. The molecule has 2 N–H and O–H groups in total. The zero-order valence-corrected chi connectivity index (χ0v) is 11.0. The minimum absolute atomic E-state index is 0.0311. The third kappa shape index (κ3) is 4.68. The van der Waals surface area contributed by atoms with E-state index in [0.29, 0.717) is 19.5 Å². The molecule has 1 heterocycles. The molecule has 2 aromatic rings. The Morgan fingerprint density at radius 3 is 2.50 bits per heavy atom. The van der Waals surface area contributed by atoms with E-state index in [2.05, 4.69) is 15.6 Å². The normalized spacial score (nSPS) is 10.1.